The van der Waals surface area contributed by atoms with Crippen LogP contribution in [0.3, 0.4) is 0 Å². The molecule has 2 N–H and O–H groups in total. The monoisotopic (exact) mass is 424 g/mol. The third-order valence-electron chi connectivity index (χ3n) is 5.82. The van der Waals surface area contributed by atoms with Gasteiger partial charge in [0.2, 0.25) is 5.95 Å². The van der Waals surface area contributed by atoms with Crippen LogP contribution in [0, 0.1) is 6.92 Å². The average molecular weight is 425 g/mol. The van der Waals surface area contributed by atoms with Crippen molar-refractivity contribution in [2.45, 2.75) is 19.9 Å². The molecule has 0 aliphatic carbocycles. The minimum Gasteiger partial charge on any atom is -0.497 e. The number of rotatable bonds is 4. The van der Waals surface area contributed by atoms with Crippen LogP contribution in [0.2, 0.25) is 0 Å². The van der Waals surface area contributed by atoms with Crippen LogP contribution in [-0.4, -0.2) is 22.6 Å². The van der Waals surface area contributed by atoms with Crippen molar-refractivity contribution in [3.63, 3.8) is 0 Å². The Labute approximate surface area is 186 Å². The molecule has 1 aliphatic rings. The van der Waals surface area contributed by atoms with Gasteiger partial charge in [-0.15, -0.1) is 0 Å². The number of amides is 1. The summed E-state index contributed by atoms with van der Waals surface area (Å²) in [5.41, 5.74) is 6.14. The number of nitrogens with one attached hydrogen (secondary N) is 2. The van der Waals surface area contributed by atoms with Gasteiger partial charge in [-0.3, -0.25) is 9.36 Å². The van der Waals surface area contributed by atoms with Gasteiger partial charge in [0, 0.05) is 11.4 Å². The Bertz CT molecular complexity index is 1330. The van der Waals surface area contributed by atoms with E-state index in [1.165, 1.54) is 0 Å². The number of hydrogen-bond acceptors (Lipinski definition) is 4. The highest BCUT2D eigenvalue weighted by Gasteiger charge is 2.34. The van der Waals surface area contributed by atoms with Crippen molar-refractivity contribution in [2.75, 3.05) is 17.7 Å². The van der Waals surface area contributed by atoms with E-state index in [0.717, 1.165) is 45.2 Å². The molecule has 1 amide bonds. The Balaban J connectivity index is 1.64. The Hall–Kier alpha value is -4.06. The van der Waals surface area contributed by atoms with Crippen molar-refractivity contribution >= 4 is 28.6 Å². The van der Waals surface area contributed by atoms with E-state index in [1.54, 1.807) is 7.11 Å². The van der Waals surface area contributed by atoms with E-state index in [0.29, 0.717) is 5.57 Å². The van der Waals surface area contributed by atoms with Gasteiger partial charge in [-0.05, 0) is 55.8 Å². The molecule has 1 aromatic heterocycles. The van der Waals surface area contributed by atoms with Gasteiger partial charge >= 0.3 is 0 Å². The highest BCUT2D eigenvalue weighted by molar-refractivity contribution is 6.06. The third-order valence-corrected chi connectivity index (χ3v) is 5.82. The molecule has 3 aromatic carbocycles. The number of aromatic nitrogens is 2. The van der Waals surface area contributed by atoms with Crippen LogP contribution in [-0.2, 0) is 4.79 Å². The van der Waals surface area contributed by atoms with E-state index < -0.39 is 0 Å². The molecular weight excluding hydrogens is 400 g/mol. The van der Waals surface area contributed by atoms with Crippen LogP contribution in [0.25, 0.3) is 11.0 Å². The second kappa shape index (κ2) is 7.89. The Kier molecular flexibility index (Phi) is 4.90. The molecule has 1 aliphatic heterocycles. The highest BCUT2D eigenvalue weighted by atomic mass is 16.5. The minimum atomic E-state index is -0.338. The molecular formula is C26H24N4O2. The zero-order valence-electron chi connectivity index (χ0n) is 18.2. The van der Waals surface area contributed by atoms with Crippen LogP contribution < -0.4 is 15.4 Å². The summed E-state index contributed by atoms with van der Waals surface area (Å²) in [4.78, 5) is 18.3. The summed E-state index contributed by atoms with van der Waals surface area (Å²) >= 11 is 0. The second-order valence-corrected chi connectivity index (χ2v) is 7.95. The molecule has 0 fully saturated rings. The number of allylic oxidation sites excluding steroid dienone is 1. The molecule has 2 heterocycles. The molecule has 0 bridgehead atoms. The largest absolute Gasteiger partial charge is 0.497 e. The van der Waals surface area contributed by atoms with E-state index in [1.807, 2.05) is 86.6 Å². The summed E-state index contributed by atoms with van der Waals surface area (Å²) < 4.78 is 7.43. The molecule has 0 saturated heterocycles. The zero-order valence-corrected chi connectivity index (χ0v) is 18.2. The number of nitrogens with zero attached hydrogens (tertiary/aromatic N) is 2. The molecule has 0 radical (unpaired) electrons. The maximum Gasteiger partial charge on any atom is 0.255 e. The number of aryl methyl sites for hydroxylation is 1. The van der Waals surface area contributed by atoms with E-state index in [-0.39, 0.29) is 11.9 Å². The van der Waals surface area contributed by atoms with Crippen molar-refractivity contribution in [1.29, 1.82) is 0 Å². The Morgan fingerprint density at radius 2 is 1.72 bits per heavy atom. The lowest BCUT2D eigenvalue weighted by Crippen LogP contribution is -2.30. The first-order valence-corrected chi connectivity index (χ1v) is 10.5. The van der Waals surface area contributed by atoms with E-state index in [9.17, 15) is 4.79 Å². The molecule has 6 heteroatoms. The summed E-state index contributed by atoms with van der Waals surface area (Å²) in [6.45, 7) is 3.94. The van der Waals surface area contributed by atoms with Crippen LogP contribution >= 0.6 is 0 Å². The number of para-hydroxylation sites is 2. The van der Waals surface area contributed by atoms with Crippen LogP contribution in [0.1, 0.15) is 24.1 Å². The summed E-state index contributed by atoms with van der Waals surface area (Å²) in [5.74, 6) is 1.34. The first-order valence-electron chi connectivity index (χ1n) is 10.5. The van der Waals surface area contributed by atoms with Gasteiger partial charge in [-0.25, -0.2) is 4.98 Å². The normalized spacial score (nSPS) is 15.3. The number of imidazole rings is 1. The van der Waals surface area contributed by atoms with Crippen LogP contribution in [0.5, 0.6) is 5.75 Å². The maximum atomic E-state index is 13.6. The number of anilines is 2. The smallest absolute Gasteiger partial charge is 0.255 e. The predicted octanol–water partition coefficient (Wildman–Crippen LogP) is 5.28. The zero-order chi connectivity index (χ0) is 22.2. The van der Waals surface area contributed by atoms with Crippen molar-refractivity contribution in [2.24, 2.45) is 0 Å². The number of benzene rings is 3. The highest BCUT2D eigenvalue weighted by Crippen LogP contribution is 2.39. The summed E-state index contributed by atoms with van der Waals surface area (Å²) in [6.07, 6.45) is 0. The molecule has 0 spiro atoms. The Morgan fingerprint density at radius 3 is 2.44 bits per heavy atom. The first-order chi connectivity index (χ1) is 15.5. The van der Waals surface area contributed by atoms with Gasteiger partial charge in [0.15, 0.2) is 0 Å². The quantitative estimate of drug-likeness (QED) is 0.468. The van der Waals surface area contributed by atoms with E-state index in [4.69, 9.17) is 9.72 Å². The number of methoxy groups -OCH3 is 1. The minimum absolute atomic E-state index is 0.150. The molecule has 160 valence electrons. The fourth-order valence-electron chi connectivity index (χ4n) is 4.19. The maximum absolute atomic E-state index is 13.6. The molecule has 0 unspecified atom stereocenters. The molecule has 4 aromatic rings. The lowest BCUT2D eigenvalue weighted by Gasteiger charge is -2.30. The number of carbonyl (C=O) groups is 1. The van der Waals surface area contributed by atoms with Gasteiger partial charge in [0.05, 0.1) is 29.8 Å². The number of carbonyl (C=O) groups excluding carboxylic acids is 1. The first kappa shape index (κ1) is 19.9. The number of ether oxygens (including phenoxy) is 1. The average Bonchev–Trinajstić information content (AvgIpc) is 3.17. The molecule has 32 heavy (non-hydrogen) atoms. The molecule has 5 rings (SSSR count). The lowest BCUT2D eigenvalue weighted by atomic mass is 9.94. The fraction of sp³-hybridized carbons (Fsp3) is 0.154. The summed E-state index contributed by atoms with van der Waals surface area (Å²) in [5, 5.41) is 6.41. The molecule has 1 atom stereocenters. The number of hydrogen-bond donors (Lipinski definition) is 2. The molecule has 0 saturated carbocycles. The summed E-state index contributed by atoms with van der Waals surface area (Å²) in [6, 6.07) is 23.3. The van der Waals surface area contributed by atoms with Crippen LogP contribution in [0.15, 0.2) is 84.1 Å². The van der Waals surface area contributed by atoms with Gasteiger partial charge in [-0.2, -0.15) is 0 Å². The fourth-order valence-corrected chi connectivity index (χ4v) is 4.19. The number of fused-ring (bicyclic) bond motifs is 3. The third kappa shape index (κ3) is 3.39. The van der Waals surface area contributed by atoms with Crippen molar-refractivity contribution < 1.29 is 9.53 Å². The van der Waals surface area contributed by atoms with Gasteiger partial charge in [-0.1, -0.05) is 42.0 Å². The van der Waals surface area contributed by atoms with Gasteiger partial charge in [0.25, 0.3) is 5.91 Å². The lowest BCUT2D eigenvalue weighted by molar-refractivity contribution is -0.113. The van der Waals surface area contributed by atoms with Crippen molar-refractivity contribution in [3.8, 4) is 5.75 Å². The standard InChI is InChI=1S/C26H24N4O2/c1-16-8-12-19(13-9-16)28-25(31)23-17(2)27-26-29-21-6-4-5-7-22(21)30(26)24(23)18-10-14-20(32-3)15-11-18/h4-15,24H,1-3H3,(H,27,29)(H,28,31)/t24-/m0/s1. The molecule has 6 nitrogen and oxygen atoms in total. The van der Waals surface area contributed by atoms with Gasteiger partial charge < -0.3 is 15.4 Å². The van der Waals surface area contributed by atoms with Gasteiger partial charge in [0.1, 0.15) is 5.75 Å². The second-order valence-electron chi connectivity index (χ2n) is 7.95. The summed E-state index contributed by atoms with van der Waals surface area (Å²) in [7, 11) is 1.64. The van der Waals surface area contributed by atoms with Crippen molar-refractivity contribution in [1.82, 2.24) is 9.55 Å². The van der Waals surface area contributed by atoms with Crippen molar-refractivity contribution in [3.05, 3.63) is 95.2 Å². The topological polar surface area (TPSA) is 68.2 Å². The predicted molar refractivity (Wildman–Crippen MR) is 127 cm³/mol. The Morgan fingerprint density at radius 1 is 1.00 bits per heavy atom. The van der Waals surface area contributed by atoms with E-state index >= 15 is 0 Å². The SMILES string of the molecule is COc1ccc([C@H]2C(C(=O)Nc3ccc(C)cc3)=C(C)Nc3nc4ccccc4n32)cc1. The van der Waals surface area contributed by atoms with Crippen LogP contribution in [0.4, 0.5) is 11.6 Å². The van der Waals surface area contributed by atoms with E-state index in [2.05, 4.69) is 15.2 Å².